The van der Waals surface area contributed by atoms with Crippen LogP contribution in [0.2, 0.25) is 0 Å². The average Bonchev–Trinajstić information content (AvgIpc) is 2.90. The smallest absolute Gasteiger partial charge is 0.320 e. The topological polar surface area (TPSA) is 183 Å². The molecule has 0 aliphatic carbocycles. The maximum atomic E-state index is 11.5. The molecule has 1 unspecified atom stereocenters. The summed E-state index contributed by atoms with van der Waals surface area (Å²) in [5.41, 5.74) is 5.34. The zero-order valence-corrected chi connectivity index (χ0v) is 23.2. The molecule has 0 saturated heterocycles. The molecule has 0 radical (unpaired) electrons. The number of hydrogen-bond donors (Lipinski definition) is 3. The number of nitrogens with two attached hydrogens (primary N) is 1. The molecule has 0 rings (SSSR count). The average molecular weight is 569 g/mol. The lowest BCUT2D eigenvalue weighted by Gasteiger charge is -2.09. The van der Waals surface area contributed by atoms with Gasteiger partial charge in [-0.3, -0.25) is 14.4 Å². The second-order valence-corrected chi connectivity index (χ2v) is 8.18. The molecule has 1 atom stereocenters. The first-order chi connectivity index (χ1) is 18.9. The normalized spacial score (nSPS) is 11.9. The fourth-order valence-corrected chi connectivity index (χ4v) is 2.62. The van der Waals surface area contributed by atoms with Crippen LogP contribution in [0.25, 0.3) is 0 Å². The van der Waals surface area contributed by atoms with E-state index in [4.69, 9.17) is 48.7 Å². The Hall–Kier alpha value is -1.75. The van der Waals surface area contributed by atoms with Gasteiger partial charge in [0.15, 0.2) is 0 Å². The van der Waals surface area contributed by atoms with Crippen LogP contribution in [0, 0.1) is 0 Å². The van der Waals surface area contributed by atoms with Crippen LogP contribution in [0.5, 0.6) is 0 Å². The minimum absolute atomic E-state index is 0.0616. The summed E-state index contributed by atoms with van der Waals surface area (Å²) in [4.78, 5) is 32.9. The largest absolute Gasteiger partial charge is 0.480 e. The molecule has 14 nitrogen and oxygen atoms in total. The second-order valence-electron chi connectivity index (χ2n) is 8.18. The third-order valence-electron chi connectivity index (χ3n) is 4.77. The van der Waals surface area contributed by atoms with Gasteiger partial charge in [0.05, 0.1) is 106 Å². The van der Waals surface area contributed by atoms with Crippen LogP contribution >= 0.6 is 0 Å². The standard InChI is InChI=1S/C25H48N2O12/c1-22(28)4-6-32-8-10-34-12-14-36-16-18-38-20-21-39-19-17-37-15-13-35-11-9-33-7-5-27-24(29)3-2-23(26)25(30)31/h23H,2-21,26H2,1H3,(H,27,29)(H,30,31). The summed E-state index contributed by atoms with van der Waals surface area (Å²) in [5.74, 6) is -1.26. The molecule has 230 valence electrons. The number of ether oxygens (including phenoxy) is 8. The van der Waals surface area contributed by atoms with Crippen molar-refractivity contribution in [3.63, 3.8) is 0 Å². The quantitative estimate of drug-likeness (QED) is 0.0903. The van der Waals surface area contributed by atoms with Crippen molar-refractivity contribution in [1.29, 1.82) is 0 Å². The van der Waals surface area contributed by atoms with Crippen molar-refractivity contribution in [1.82, 2.24) is 5.32 Å². The van der Waals surface area contributed by atoms with Crippen molar-refractivity contribution in [2.45, 2.75) is 32.2 Å². The van der Waals surface area contributed by atoms with Crippen molar-refractivity contribution in [3.05, 3.63) is 0 Å². The predicted octanol–water partition coefficient (Wildman–Crippen LogP) is -0.593. The Labute approximate surface area is 231 Å². The fourth-order valence-electron chi connectivity index (χ4n) is 2.62. The molecule has 0 heterocycles. The van der Waals surface area contributed by atoms with E-state index in [0.29, 0.717) is 119 Å². The minimum Gasteiger partial charge on any atom is -0.480 e. The van der Waals surface area contributed by atoms with Gasteiger partial charge in [0, 0.05) is 19.4 Å². The highest BCUT2D eigenvalue weighted by Gasteiger charge is 2.13. The number of aliphatic carboxylic acids is 1. The summed E-state index contributed by atoms with van der Waals surface area (Å²) in [7, 11) is 0. The number of ketones is 1. The Morgan fingerprint density at radius 3 is 1.26 bits per heavy atom. The molecule has 0 aromatic carbocycles. The third-order valence-corrected chi connectivity index (χ3v) is 4.77. The van der Waals surface area contributed by atoms with Gasteiger partial charge in [0.2, 0.25) is 5.91 Å². The molecule has 0 aromatic rings. The van der Waals surface area contributed by atoms with E-state index in [9.17, 15) is 14.4 Å². The van der Waals surface area contributed by atoms with Crippen LogP contribution < -0.4 is 11.1 Å². The molecular weight excluding hydrogens is 520 g/mol. The number of hydrogen-bond acceptors (Lipinski definition) is 12. The number of carboxylic acids is 1. The van der Waals surface area contributed by atoms with E-state index < -0.39 is 12.0 Å². The highest BCUT2D eigenvalue weighted by Crippen LogP contribution is 1.94. The van der Waals surface area contributed by atoms with Crippen LogP contribution in [0.4, 0.5) is 0 Å². The lowest BCUT2D eigenvalue weighted by atomic mass is 10.1. The van der Waals surface area contributed by atoms with Gasteiger partial charge in [-0.1, -0.05) is 0 Å². The van der Waals surface area contributed by atoms with Crippen molar-refractivity contribution in [3.8, 4) is 0 Å². The molecule has 0 spiro atoms. The molecule has 0 aliphatic heterocycles. The molecule has 0 saturated carbocycles. The highest BCUT2D eigenvalue weighted by atomic mass is 16.6. The first kappa shape index (κ1) is 37.2. The third kappa shape index (κ3) is 30.6. The molecule has 1 amide bonds. The number of rotatable bonds is 31. The van der Waals surface area contributed by atoms with Crippen molar-refractivity contribution >= 4 is 17.7 Å². The molecular formula is C25H48N2O12. The van der Waals surface area contributed by atoms with Crippen LogP contribution in [-0.4, -0.2) is 141 Å². The summed E-state index contributed by atoms with van der Waals surface area (Å²) >= 11 is 0. The Bertz CT molecular complexity index is 597. The van der Waals surface area contributed by atoms with E-state index in [1.807, 2.05) is 0 Å². The highest BCUT2D eigenvalue weighted by molar-refractivity contribution is 5.78. The van der Waals surface area contributed by atoms with E-state index >= 15 is 0 Å². The number of Topliss-reactive ketones (excluding diaryl/α,β-unsaturated/α-hetero) is 1. The van der Waals surface area contributed by atoms with E-state index in [1.165, 1.54) is 6.92 Å². The van der Waals surface area contributed by atoms with Gasteiger partial charge >= 0.3 is 5.97 Å². The zero-order valence-electron chi connectivity index (χ0n) is 23.2. The predicted molar refractivity (Wildman–Crippen MR) is 140 cm³/mol. The van der Waals surface area contributed by atoms with Crippen molar-refractivity contribution in [2.75, 3.05) is 112 Å². The van der Waals surface area contributed by atoms with E-state index in [2.05, 4.69) is 5.32 Å². The monoisotopic (exact) mass is 568 g/mol. The molecule has 14 heteroatoms. The minimum atomic E-state index is -1.12. The van der Waals surface area contributed by atoms with Gasteiger partial charge in [-0.05, 0) is 13.3 Å². The lowest BCUT2D eigenvalue weighted by molar-refractivity contribution is -0.138. The number of amides is 1. The summed E-state index contributed by atoms with van der Waals surface area (Å²) in [6.07, 6.45) is 0.588. The maximum Gasteiger partial charge on any atom is 0.320 e. The first-order valence-corrected chi connectivity index (χ1v) is 13.3. The van der Waals surface area contributed by atoms with Crippen LogP contribution in [0.15, 0.2) is 0 Å². The molecule has 0 aliphatic rings. The Morgan fingerprint density at radius 1 is 0.590 bits per heavy atom. The van der Waals surface area contributed by atoms with Gasteiger partial charge in [0.25, 0.3) is 0 Å². The summed E-state index contributed by atoms with van der Waals surface area (Å²) in [5, 5.41) is 11.3. The molecule has 0 bridgehead atoms. The summed E-state index contributed by atoms with van der Waals surface area (Å²) in [6, 6.07) is -1.03. The Balaban J connectivity index is 3.14. The summed E-state index contributed by atoms with van der Waals surface area (Å²) in [6.45, 7) is 9.06. The molecule has 39 heavy (non-hydrogen) atoms. The van der Waals surface area contributed by atoms with Gasteiger partial charge < -0.3 is 54.1 Å². The molecule has 0 fully saturated rings. The SMILES string of the molecule is CC(=O)CCOCCOCCOCCOCCOCCOCCOCCOCCNC(=O)CCC(N)C(=O)O. The van der Waals surface area contributed by atoms with Crippen LogP contribution in [-0.2, 0) is 52.3 Å². The van der Waals surface area contributed by atoms with Gasteiger partial charge in [-0.25, -0.2) is 0 Å². The molecule has 4 N–H and O–H groups in total. The maximum absolute atomic E-state index is 11.5. The van der Waals surface area contributed by atoms with Gasteiger partial charge in [0.1, 0.15) is 11.8 Å². The number of carbonyl (C=O) groups excluding carboxylic acids is 2. The van der Waals surface area contributed by atoms with Gasteiger partial charge in [-0.2, -0.15) is 0 Å². The Morgan fingerprint density at radius 2 is 0.923 bits per heavy atom. The van der Waals surface area contributed by atoms with Crippen molar-refractivity contribution in [2.24, 2.45) is 5.73 Å². The van der Waals surface area contributed by atoms with E-state index in [1.54, 1.807) is 0 Å². The Kier molecular flexibility index (Phi) is 27.9. The van der Waals surface area contributed by atoms with Crippen molar-refractivity contribution < 1.29 is 57.4 Å². The van der Waals surface area contributed by atoms with Gasteiger partial charge in [-0.15, -0.1) is 0 Å². The zero-order chi connectivity index (χ0) is 28.8. The lowest BCUT2D eigenvalue weighted by Crippen LogP contribution is -2.33. The molecule has 0 aromatic heterocycles. The fraction of sp³-hybridized carbons (Fsp3) is 0.880. The van der Waals surface area contributed by atoms with Crippen LogP contribution in [0.1, 0.15) is 26.2 Å². The number of nitrogens with one attached hydrogen (secondary N) is 1. The van der Waals surface area contributed by atoms with E-state index in [0.717, 1.165) is 0 Å². The second kappa shape index (κ2) is 29.2. The number of carboxylic acid groups (broad SMARTS) is 1. The number of carbonyl (C=O) groups is 3. The van der Waals surface area contributed by atoms with Crippen LogP contribution in [0.3, 0.4) is 0 Å². The first-order valence-electron chi connectivity index (χ1n) is 13.3. The summed E-state index contributed by atoms with van der Waals surface area (Å²) < 4.78 is 43.0. The van der Waals surface area contributed by atoms with E-state index in [-0.39, 0.29) is 24.5 Å².